The number of amides is 3. The highest BCUT2D eigenvalue weighted by Crippen LogP contribution is 2.38. The van der Waals surface area contributed by atoms with Crippen LogP contribution in [0.3, 0.4) is 0 Å². The van der Waals surface area contributed by atoms with Crippen molar-refractivity contribution in [3.05, 3.63) is 0 Å². The molecule has 3 fully saturated rings. The number of fused-ring (bicyclic) bond motifs is 2. The summed E-state index contributed by atoms with van der Waals surface area (Å²) in [5.41, 5.74) is 0. The first-order chi connectivity index (χ1) is 9.06. The van der Waals surface area contributed by atoms with E-state index < -0.39 is 12.0 Å². The maximum Gasteiger partial charge on any atom is 0.328 e. The van der Waals surface area contributed by atoms with E-state index in [4.69, 9.17) is 5.11 Å². The lowest BCUT2D eigenvalue weighted by Gasteiger charge is -2.38. The van der Waals surface area contributed by atoms with E-state index in [2.05, 4.69) is 5.32 Å². The van der Waals surface area contributed by atoms with Crippen molar-refractivity contribution in [2.24, 2.45) is 5.92 Å². The molecule has 104 valence electrons. The number of piperidine rings is 1. The minimum absolute atomic E-state index is 0.0121. The second-order valence-corrected chi connectivity index (χ2v) is 5.55. The largest absolute Gasteiger partial charge is 0.480 e. The normalized spacial score (nSPS) is 33.5. The second-order valence-electron chi connectivity index (χ2n) is 5.55. The third kappa shape index (κ3) is 2.02. The van der Waals surface area contributed by atoms with Crippen LogP contribution in [-0.2, 0) is 9.59 Å². The summed E-state index contributed by atoms with van der Waals surface area (Å²) in [7, 11) is 0. The molecule has 1 saturated carbocycles. The first kappa shape index (κ1) is 12.3. The number of nitrogens with one attached hydrogen (secondary N) is 1. The average Bonchev–Trinajstić information content (AvgIpc) is 2.99. The zero-order chi connectivity index (χ0) is 13.6. The van der Waals surface area contributed by atoms with E-state index in [0.717, 1.165) is 19.3 Å². The van der Waals surface area contributed by atoms with Crippen LogP contribution in [0.5, 0.6) is 0 Å². The van der Waals surface area contributed by atoms with Gasteiger partial charge in [-0.2, -0.15) is 0 Å². The van der Waals surface area contributed by atoms with E-state index in [1.54, 1.807) is 4.90 Å². The van der Waals surface area contributed by atoms with Crippen LogP contribution in [0.2, 0.25) is 0 Å². The van der Waals surface area contributed by atoms with Gasteiger partial charge in [-0.15, -0.1) is 0 Å². The SMILES string of the molecule is O=C1CN(C(=O)N2CC3CCC2C3)C(C(=O)O)CN1. The summed E-state index contributed by atoms with van der Waals surface area (Å²) in [5, 5.41) is 11.6. The zero-order valence-electron chi connectivity index (χ0n) is 10.5. The number of urea groups is 1. The molecule has 3 rings (SSSR count). The highest BCUT2D eigenvalue weighted by molar-refractivity contribution is 5.90. The van der Waals surface area contributed by atoms with Gasteiger partial charge in [-0.3, -0.25) is 9.69 Å². The van der Waals surface area contributed by atoms with Crippen LogP contribution in [0.4, 0.5) is 4.79 Å². The quantitative estimate of drug-likeness (QED) is 0.668. The summed E-state index contributed by atoms with van der Waals surface area (Å²) in [4.78, 5) is 38.0. The van der Waals surface area contributed by atoms with Gasteiger partial charge < -0.3 is 15.3 Å². The molecule has 3 aliphatic rings. The van der Waals surface area contributed by atoms with Crippen molar-refractivity contribution in [2.45, 2.75) is 31.3 Å². The van der Waals surface area contributed by atoms with Crippen molar-refractivity contribution in [1.82, 2.24) is 15.1 Å². The standard InChI is InChI=1S/C12H17N3O4/c16-10-6-15(9(4-13-10)11(17)18)12(19)14-5-7-1-2-8(14)3-7/h7-9H,1-6H2,(H,13,16)(H,17,18). The molecule has 7 heteroatoms. The molecular formula is C12H17N3O4. The molecule has 2 bridgehead atoms. The summed E-state index contributed by atoms with van der Waals surface area (Å²) in [6, 6.07) is -1.02. The van der Waals surface area contributed by atoms with Gasteiger partial charge >= 0.3 is 12.0 Å². The van der Waals surface area contributed by atoms with Crippen molar-refractivity contribution in [3.63, 3.8) is 0 Å². The molecule has 0 aromatic carbocycles. The van der Waals surface area contributed by atoms with Gasteiger partial charge in [0, 0.05) is 19.1 Å². The minimum Gasteiger partial charge on any atom is -0.480 e. The Morgan fingerprint density at radius 1 is 1.26 bits per heavy atom. The number of piperazine rings is 1. The molecule has 2 aliphatic heterocycles. The smallest absolute Gasteiger partial charge is 0.328 e. The fourth-order valence-corrected chi connectivity index (χ4v) is 3.39. The summed E-state index contributed by atoms with van der Waals surface area (Å²) in [6.45, 7) is 0.527. The number of aliphatic carboxylic acids is 1. The third-order valence-electron chi connectivity index (χ3n) is 4.37. The number of carbonyl (C=O) groups excluding carboxylic acids is 2. The maximum atomic E-state index is 12.5. The molecule has 3 unspecified atom stereocenters. The molecule has 19 heavy (non-hydrogen) atoms. The Labute approximate surface area is 110 Å². The number of rotatable bonds is 1. The van der Waals surface area contributed by atoms with Crippen LogP contribution < -0.4 is 5.32 Å². The second kappa shape index (κ2) is 4.40. The van der Waals surface area contributed by atoms with Gasteiger partial charge in [0.25, 0.3) is 0 Å². The van der Waals surface area contributed by atoms with Crippen LogP contribution in [0.25, 0.3) is 0 Å². The lowest BCUT2D eigenvalue weighted by atomic mass is 10.1. The first-order valence-corrected chi connectivity index (χ1v) is 6.63. The number of hydrogen-bond acceptors (Lipinski definition) is 3. The van der Waals surface area contributed by atoms with E-state index in [1.807, 2.05) is 0 Å². The van der Waals surface area contributed by atoms with Crippen molar-refractivity contribution < 1.29 is 19.5 Å². The molecule has 2 heterocycles. The van der Waals surface area contributed by atoms with E-state index in [9.17, 15) is 14.4 Å². The van der Waals surface area contributed by atoms with Gasteiger partial charge in [0.05, 0.1) is 0 Å². The Bertz CT molecular complexity index is 439. The molecule has 0 aromatic rings. The third-order valence-corrected chi connectivity index (χ3v) is 4.37. The Morgan fingerprint density at radius 3 is 2.63 bits per heavy atom. The van der Waals surface area contributed by atoms with Crippen LogP contribution >= 0.6 is 0 Å². The molecule has 3 atom stereocenters. The summed E-state index contributed by atoms with van der Waals surface area (Å²) in [6.07, 6.45) is 3.16. The van der Waals surface area contributed by atoms with Crippen LogP contribution in [0.15, 0.2) is 0 Å². The van der Waals surface area contributed by atoms with Gasteiger partial charge in [-0.05, 0) is 25.2 Å². The topological polar surface area (TPSA) is 90.0 Å². The maximum absolute atomic E-state index is 12.5. The molecule has 1 aliphatic carbocycles. The zero-order valence-corrected chi connectivity index (χ0v) is 10.5. The van der Waals surface area contributed by atoms with Gasteiger partial charge in [0.15, 0.2) is 0 Å². The number of hydrogen-bond donors (Lipinski definition) is 2. The van der Waals surface area contributed by atoms with Crippen molar-refractivity contribution in [1.29, 1.82) is 0 Å². The molecule has 0 aromatic heterocycles. The van der Waals surface area contributed by atoms with Crippen LogP contribution in [0.1, 0.15) is 19.3 Å². The Kier molecular flexibility index (Phi) is 2.83. The number of carboxylic acid groups (broad SMARTS) is 1. The molecule has 3 amide bonds. The highest BCUT2D eigenvalue weighted by Gasteiger charge is 2.45. The fourth-order valence-electron chi connectivity index (χ4n) is 3.39. The lowest BCUT2D eigenvalue weighted by Crippen LogP contribution is -2.62. The van der Waals surface area contributed by atoms with Gasteiger partial charge in [0.1, 0.15) is 12.6 Å². The fraction of sp³-hybridized carbons (Fsp3) is 0.750. The monoisotopic (exact) mass is 267 g/mol. The van der Waals surface area contributed by atoms with Crippen LogP contribution in [-0.4, -0.2) is 64.5 Å². The van der Waals surface area contributed by atoms with E-state index >= 15 is 0 Å². The van der Waals surface area contributed by atoms with Gasteiger partial charge in [0.2, 0.25) is 5.91 Å². The van der Waals surface area contributed by atoms with E-state index in [0.29, 0.717) is 12.5 Å². The molecular weight excluding hydrogens is 250 g/mol. The predicted molar refractivity (Wildman–Crippen MR) is 64.4 cm³/mol. The van der Waals surface area contributed by atoms with E-state index in [-0.39, 0.29) is 31.1 Å². The number of nitrogens with zero attached hydrogens (tertiary/aromatic N) is 2. The minimum atomic E-state index is -1.07. The van der Waals surface area contributed by atoms with Crippen molar-refractivity contribution in [3.8, 4) is 0 Å². The lowest BCUT2D eigenvalue weighted by molar-refractivity contribution is -0.144. The van der Waals surface area contributed by atoms with Crippen molar-refractivity contribution >= 4 is 17.9 Å². The molecule has 0 spiro atoms. The van der Waals surface area contributed by atoms with Crippen molar-refractivity contribution in [2.75, 3.05) is 19.6 Å². The number of carboxylic acids is 1. The van der Waals surface area contributed by atoms with Crippen LogP contribution in [0, 0.1) is 5.92 Å². The van der Waals surface area contributed by atoms with Gasteiger partial charge in [-0.1, -0.05) is 0 Å². The predicted octanol–water partition coefficient (Wildman–Crippen LogP) is -0.524. The number of likely N-dealkylation sites (tertiary alicyclic amines) is 1. The Balaban J connectivity index is 1.76. The molecule has 7 nitrogen and oxygen atoms in total. The highest BCUT2D eigenvalue weighted by atomic mass is 16.4. The molecule has 0 radical (unpaired) electrons. The molecule has 2 N–H and O–H groups in total. The number of carbonyl (C=O) groups is 3. The van der Waals surface area contributed by atoms with E-state index in [1.165, 1.54) is 4.90 Å². The Hall–Kier alpha value is -1.79. The average molecular weight is 267 g/mol. The molecule has 2 saturated heterocycles. The summed E-state index contributed by atoms with van der Waals surface area (Å²) >= 11 is 0. The first-order valence-electron chi connectivity index (χ1n) is 6.63. The summed E-state index contributed by atoms with van der Waals surface area (Å²) in [5.74, 6) is -0.816. The summed E-state index contributed by atoms with van der Waals surface area (Å²) < 4.78 is 0. The Morgan fingerprint density at radius 2 is 2.05 bits per heavy atom. The van der Waals surface area contributed by atoms with Gasteiger partial charge in [-0.25, -0.2) is 9.59 Å².